The molecule has 6 heteroatoms. The van der Waals surface area contributed by atoms with E-state index in [1.54, 1.807) is 11.2 Å². The molecule has 1 atom stereocenters. The molecule has 1 fully saturated rings. The molecule has 24 heavy (non-hydrogen) atoms. The van der Waals surface area contributed by atoms with Crippen LogP contribution in [0, 0.1) is 6.92 Å². The van der Waals surface area contributed by atoms with Crippen molar-refractivity contribution in [1.29, 1.82) is 0 Å². The van der Waals surface area contributed by atoms with E-state index in [0.717, 1.165) is 22.1 Å². The van der Waals surface area contributed by atoms with Crippen LogP contribution in [0.4, 0.5) is 0 Å². The summed E-state index contributed by atoms with van der Waals surface area (Å²) < 4.78 is 5.56. The van der Waals surface area contributed by atoms with Crippen LogP contribution in [0.25, 0.3) is 11.0 Å². The van der Waals surface area contributed by atoms with Crippen molar-refractivity contribution in [3.63, 3.8) is 0 Å². The lowest BCUT2D eigenvalue weighted by molar-refractivity contribution is -0.130. The lowest BCUT2D eigenvalue weighted by atomic mass is 10.0. The second-order valence-corrected chi connectivity index (χ2v) is 7.47. The molecule has 0 aliphatic carbocycles. The topological polar surface area (TPSA) is 56.9 Å². The molecule has 1 aromatic heterocycles. The summed E-state index contributed by atoms with van der Waals surface area (Å²) in [6.07, 6.45) is 2.49. The van der Waals surface area contributed by atoms with Crippen molar-refractivity contribution in [2.24, 2.45) is 0 Å². The predicted molar refractivity (Wildman–Crippen MR) is 94.4 cm³/mol. The first-order valence-corrected chi connectivity index (χ1v) is 8.46. The first kappa shape index (κ1) is 17.3. The summed E-state index contributed by atoms with van der Waals surface area (Å²) in [5, 5.41) is 12.1. The summed E-state index contributed by atoms with van der Waals surface area (Å²) in [4.78, 5) is 16.3. The van der Waals surface area contributed by atoms with Gasteiger partial charge in [0.25, 0.3) is 0 Å². The van der Waals surface area contributed by atoms with Crippen LogP contribution in [0.15, 0.2) is 22.8 Å². The van der Waals surface area contributed by atoms with Crippen molar-refractivity contribution in [2.45, 2.75) is 25.4 Å². The van der Waals surface area contributed by atoms with E-state index >= 15 is 0 Å². The fraction of sp³-hybridized carbons (Fsp3) is 0.500. The highest BCUT2D eigenvalue weighted by Gasteiger charge is 2.38. The smallest absolute Gasteiger partial charge is 0.227 e. The van der Waals surface area contributed by atoms with E-state index < -0.39 is 5.60 Å². The zero-order valence-corrected chi connectivity index (χ0v) is 15.1. The molecule has 5 nitrogen and oxygen atoms in total. The second kappa shape index (κ2) is 6.39. The molecule has 130 valence electrons. The minimum absolute atomic E-state index is 0.00378. The van der Waals surface area contributed by atoms with Crippen LogP contribution in [0.5, 0.6) is 0 Å². The maximum atomic E-state index is 12.6. The van der Waals surface area contributed by atoms with Crippen molar-refractivity contribution in [3.8, 4) is 0 Å². The number of benzene rings is 1. The highest BCUT2D eigenvalue weighted by Crippen LogP contribution is 2.29. The maximum absolute atomic E-state index is 12.6. The van der Waals surface area contributed by atoms with Crippen LogP contribution in [0.3, 0.4) is 0 Å². The Bertz CT molecular complexity index is 771. The third-order valence-electron chi connectivity index (χ3n) is 4.57. The van der Waals surface area contributed by atoms with Crippen LogP contribution in [-0.2, 0) is 11.2 Å². The number of hydrogen-bond donors (Lipinski definition) is 1. The summed E-state index contributed by atoms with van der Waals surface area (Å²) >= 11 is 6.19. The number of likely N-dealkylation sites (N-methyl/N-ethyl adjacent to an activating group) is 1. The molecule has 0 unspecified atom stereocenters. The SMILES string of the molecule is Cc1cc2occ(CC(=O)N3CC[C@@](O)(CN(C)C)C3)c2cc1Cl. The molecule has 0 saturated carbocycles. The fourth-order valence-corrected chi connectivity index (χ4v) is 3.56. The Balaban J connectivity index is 1.73. The standard InChI is InChI=1S/C18H23ClN2O3/c1-12-6-16-14(8-15(12)19)13(9-24-16)7-17(22)21-5-4-18(23,11-21)10-20(2)3/h6,8-9,23H,4-5,7,10-11H2,1-3H3/t18-/m1/s1. The van der Waals surface area contributed by atoms with E-state index in [4.69, 9.17) is 16.0 Å². The molecule has 2 heterocycles. The molecule has 0 radical (unpaired) electrons. The predicted octanol–water partition coefficient (Wildman–Crippen LogP) is 2.46. The van der Waals surface area contributed by atoms with Gasteiger partial charge in [0.05, 0.1) is 24.8 Å². The third-order valence-corrected chi connectivity index (χ3v) is 4.98. The van der Waals surface area contributed by atoms with Gasteiger partial charge in [0.15, 0.2) is 0 Å². The fourth-order valence-electron chi connectivity index (χ4n) is 3.40. The molecule has 1 saturated heterocycles. The number of halogens is 1. The highest BCUT2D eigenvalue weighted by atomic mass is 35.5. The third kappa shape index (κ3) is 3.43. The molecular formula is C18H23ClN2O3. The van der Waals surface area contributed by atoms with E-state index in [0.29, 0.717) is 31.1 Å². The molecule has 2 aromatic rings. The van der Waals surface area contributed by atoms with Gasteiger partial charge in [0, 0.05) is 29.1 Å². The van der Waals surface area contributed by atoms with Gasteiger partial charge in [0.1, 0.15) is 5.58 Å². The van der Waals surface area contributed by atoms with Gasteiger partial charge in [-0.2, -0.15) is 0 Å². The van der Waals surface area contributed by atoms with E-state index in [2.05, 4.69) is 0 Å². The van der Waals surface area contributed by atoms with Gasteiger partial charge in [-0.1, -0.05) is 11.6 Å². The number of β-amino-alcohol motifs (C(OH)–C–C–N with tert-alkyl or cyclic N) is 1. The van der Waals surface area contributed by atoms with Crippen LogP contribution in [0.2, 0.25) is 5.02 Å². The number of furan rings is 1. The maximum Gasteiger partial charge on any atom is 0.227 e. The minimum atomic E-state index is -0.821. The number of nitrogens with zero attached hydrogens (tertiary/aromatic N) is 2. The Labute approximate surface area is 146 Å². The average molecular weight is 351 g/mol. The van der Waals surface area contributed by atoms with Crippen LogP contribution < -0.4 is 0 Å². The first-order valence-electron chi connectivity index (χ1n) is 8.08. The van der Waals surface area contributed by atoms with Crippen LogP contribution in [-0.4, -0.2) is 60.1 Å². The van der Waals surface area contributed by atoms with Crippen molar-refractivity contribution in [1.82, 2.24) is 9.80 Å². The van der Waals surface area contributed by atoms with Gasteiger partial charge in [-0.15, -0.1) is 0 Å². The van der Waals surface area contributed by atoms with Gasteiger partial charge >= 0.3 is 0 Å². The number of fused-ring (bicyclic) bond motifs is 1. The molecule has 0 spiro atoms. The Morgan fingerprint density at radius 1 is 1.46 bits per heavy atom. The van der Waals surface area contributed by atoms with E-state index in [1.165, 1.54) is 0 Å². The molecule has 1 aliphatic rings. The summed E-state index contributed by atoms with van der Waals surface area (Å²) in [7, 11) is 3.84. The normalized spacial score (nSPS) is 21.2. The number of rotatable bonds is 4. The Morgan fingerprint density at radius 3 is 2.92 bits per heavy atom. The monoisotopic (exact) mass is 350 g/mol. The number of hydrogen-bond acceptors (Lipinski definition) is 4. The van der Waals surface area contributed by atoms with Gasteiger partial charge in [-0.25, -0.2) is 0 Å². The number of aliphatic hydroxyl groups is 1. The number of aryl methyl sites for hydroxylation is 1. The molecule has 1 aromatic carbocycles. The zero-order valence-electron chi connectivity index (χ0n) is 14.3. The number of carbonyl (C=O) groups excluding carboxylic acids is 1. The number of amides is 1. The largest absolute Gasteiger partial charge is 0.464 e. The molecule has 1 aliphatic heterocycles. The summed E-state index contributed by atoms with van der Waals surface area (Å²) in [5.74, 6) is 0.00378. The van der Waals surface area contributed by atoms with E-state index in [1.807, 2.05) is 38.1 Å². The second-order valence-electron chi connectivity index (χ2n) is 7.06. The lowest BCUT2D eigenvalue weighted by Crippen LogP contribution is -2.43. The molecular weight excluding hydrogens is 328 g/mol. The Hall–Kier alpha value is -1.56. The summed E-state index contributed by atoms with van der Waals surface area (Å²) in [5.41, 5.74) is 1.70. The minimum Gasteiger partial charge on any atom is -0.464 e. The van der Waals surface area contributed by atoms with Crippen LogP contribution in [0.1, 0.15) is 17.5 Å². The van der Waals surface area contributed by atoms with Gasteiger partial charge in [-0.3, -0.25) is 4.79 Å². The van der Waals surface area contributed by atoms with E-state index in [-0.39, 0.29) is 12.3 Å². The quantitative estimate of drug-likeness (QED) is 0.920. The van der Waals surface area contributed by atoms with Crippen molar-refractivity contribution < 1.29 is 14.3 Å². The highest BCUT2D eigenvalue weighted by molar-refractivity contribution is 6.32. The summed E-state index contributed by atoms with van der Waals surface area (Å²) in [6.45, 7) is 3.43. The Kier molecular flexibility index (Phi) is 4.60. The average Bonchev–Trinajstić information content (AvgIpc) is 3.04. The van der Waals surface area contributed by atoms with Crippen molar-refractivity contribution in [3.05, 3.63) is 34.5 Å². The van der Waals surface area contributed by atoms with Gasteiger partial charge in [-0.05, 0) is 45.1 Å². The molecule has 3 rings (SSSR count). The number of carbonyl (C=O) groups is 1. The molecule has 0 bridgehead atoms. The van der Waals surface area contributed by atoms with Gasteiger partial charge < -0.3 is 19.3 Å². The number of likely N-dealkylation sites (tertiary alicyclic amines) is 1. The van der Waals surface area contributed by atoms with Gasteiger partial charge in [0.2, 0.25) is 5.91 Å². The van der Waals surface area contributed by atoms with Crippen LogP contribution >= 0.6 is 11.6 Å². The summed E-state index contributed by atoms with van der Waals surface area (Å²) in [6, 6.07) is 3.74. The van der Waals surface area contributed by atoms with Crippen molar-refractivity contribution in [2.75, 3.05) is 33.7 Å². The van der Waals surface area contributed by atoms with Crippen molar-refractivity contribution >= 4 is 28.5 Å². The molecule has 1 N–H and O–H groups in total. The van der Waals surface area contributed by atoms with E-state index in [9.17, 15) is 9.90 Å². The molecule has 1 amide bonds. The lowest BCUT2D eigenvalue weighted by Gasteiger charge is -2.26. The Morgan fingerprint density at radius 2 is 2.21 bits per heavy atom. The first-order chi connectivity index (χ1) is 11.3. The zero-order chi connectivity index (χ0) is 17.5.